The van der Waals surface area contributed by atoms with E-state index in [4.69, 9.17) is 4.74 Å². The Bertz CT molecular complexity index is 1100. The summed E-state index contributed by atoms with van der Waals surface area (Å²) in [6.07, 6.45) is 4.63. The molecule has 0 radical (unpaired) electrons. The number of amides is 1. The lowest BCUT2D eigenvalue weighted by Gasteiger charge is -2.31. The van der Waals surface area contributed by atoms with Crippen molar-refractivity contribution in [2.75, 3.05) is 25.6 Å². The third-order valence-corrected chi connectivity index (χ3v) is 6.89. The van der Waals surface area contributed by atoms with Gasteiger partial charge in [0.25, 0.3) is 11.7 Å². The summed E-state index contributed by atoms with van der Waals surface area (Å²) < 4.78 is 5.57. The Morgan fingerprint density at radius 1 is 1.06 bits per heavy atom. The molecule has 3 aliphatic rings. The zero-order chi connectivity index (χ0) is 22.4. The molecule has 1 saturated heterocycles. The molecule has 0 bridgehead atoms. The number of likely N-dealkylation sites (tertiary alicyclic amines) is 1. The van der Waals surface area contributed by atoms with E-state index in [9.17, 15) is 14.7 Å². The molecular weight excluding hydrogens is 404 g/mol. The second-order valence-electron chi connectivity index (χ2n) is 9.05. The number of carbonyl (C=O) groups excluding carboxylic acids is 2. The van der Waals surface area contributed by atoms with Crippen LogP contribution in [0.1, 0.15) is 48.4 Å². The molecule has 5 rings (SSSR count). The van der Waals surface area contributed by atoms with Gasteiger partial charge in [-0.1, -0.05) is 25.0 Å². The molecule has 1 aliphatic carbocycles. The molecule has 2 aromatic carbocycles. The molecule has 2 aromatic rings. The fourth-order valence-electron chi connectivity index (χ4n) is 5.18. The Balaban J connectivity index is 1.64. The van der Waals surface area contributed by atoms with E-state index in [0.717, 1.165) is 54.7 Å². The first kappa shape index (κ1) is 20.6. The minimum atomic E-state index is -0.604. The first-order valence-corrected chi connectivity index (χ1v) is 11.3. The van der Waals surface area contributed by atoms with Gasteiger partial charge in [0.05, 0.1) is 18.2 Å². The summed E-state index contributed by atoms with van der Waals surface area (Å²) in [6, 6.07) is 12.8. The van der Waals surface area contributed by atoms with Crippen LogP contribution in [-0.4, -0.2) is 48.4 Å². The molecule has 0 spiro atoms. The average Bonchev–Trinajstić information content (AvgIpc) is 3.53. The van der Waals surface area contributed by atoms with Crippen molar-refractivity contribution in [3.05, 3.63) is 64.7 Å². The Morgan fingerprint density at radius 2 is 1.78 bits per heavy atom. The summed E-state index contributed by atoms with van der Waals surface area (Å²) in [5.74, 6) is -0.415. The minimum Gasteiger partial charge on any atom is -0.507 e. The van der Waals surface area contributed by atoms with E-state index in [0.29, 0.717) is 12.2 Å². The average molecular weight is 433 g/mol. The van der Waals surface area contributed by atoms with Crippen molar-refractivity contribution in [2.24, 2.45) is 0 Å². The fourth-order valence-corrected chi connectivity index (χ4v) is 5.18. The van der Waals surface area contributed by atoms with Crippen molar-refractivity contribution in [2.45, 2.75) is 44.2 Å². The van der Waals surface area contributed by atoms with Gasteiger partial charge in [-0.05, 0) is 54.3 Å². The monoisotopic (exact) mass is 432 g/mol. The van der Waals surface area contributed by atoms with Crippen LogP contribution < -0.4 is 9.64 Å². The number of hydrogen-bond acceptors (Lipinski definition) is 5. The van der Waals surface area contributed by atoms with Crippen LogP contribution in [0.2, 0.25) is 0 Å². The highest BCUT2D eigenvalue weighted by Gasteiger charge is 2.49. The SMILES string of the molecule is CN(C)c1ccc(C2/C(=C(/O)c3ccc4c(c3)CCO4)C(=O)C(=O)N2C2CCCC2)cc1. The summed E-state index contributed by atoms with van der Waals surface area (Å²) in [5, 5.41) is 11.3. The number of fused-ring (bicyclic) bond motifs is 1. The van der Waals surface area contributed by atoms with E-state index in [2.05, 4.69) is 0 Å². The number of anilines is 1. The number of rotatable bonds is 4. The van der Waals surface area contributed by atoms with Crippen molar-refractivity contribution in [3.8, 4) is 5.75 Å². The molecule has 6 nitrogen and oxygen atoms in total. The molecule has 32 heavy (non-hydrogen) atoms. The van der Waals surface area contributed by atoms with E-state index in [1.807, 2.05) is 55.4 Å². The summed E-state index contributed by atoms with van der Waals surface area (Å²) in [4.78, 5) is 30.2. The lowest BCUT2D eigenvalue weighted by molar-refractivity contribution is -0.141. The van der Waals surface area contributed by atoms with E-state index in [-0.39, 0.29) is 17.4 Å². The van der Waals surface area contributed by atoms with Gasteiger partial charge in [0.2, 0.25) is 0 Å². The van der Waals surface area contributed by atoms with Crippen LogP contribution in [0.3, 0.4) is 0 Å². The maximum Gasteiger partial charge on any atom is 0.295 e. The molecule has 2 heterocycles. The number of hydrogen-bond donors (Lipinski definition) is 1. The van der Waals surface area contributed by atoms with E-state index >= 15 is 0 Å². The van der Waals surface area contributed by atoms with Gasteiger partial charge in [-0.25, -0.2) is 0 Å². The zero-order valence-corrected chi connectivity index (χ0v) is 18.5. The maximum atomic E-state index is 13.2. The summed E-state index contributed by atoms with van der Waals surface area (Å²) in [6.45, 7) is 0.615. The van der Waals surface area contributed by atoms with Gasteiger partial charge in [0.15, 0.2) is 0 Å². The second kappa shape index (κ2) is 8.01. The Morgan fingerprint density at radius 3 is 2.47 bits per heavy atom. The quantitative estimate of drug-likeness (QED) is 0.448. The van der Waals surface area contributed by atoms with Crippen molar-refractivity contribution < 1.29 is 19.4 Å². The van der Waals surface area contributed by atoms with Crippen LogP contribution in [0.5, 0.6) is 5.75 Å². The smallest absolute Gasteiger partial charge is 0.295 e. The van der Waals surface area contributed by atoms with Crippen LogP contribution >= 0.6 is 0 Å². The van der Waals surface area contributed by atoms with Crippen LogP contribution in [0.15, 0.2) is 48.0 Å². The van der Waals surface area contributed by atoms with Crippen LogP contribution in [0.4, 0.5) is 5.69 Å². The number of nitrogens with zero attached hydrogens (tertiary/aromatic N) is 2. The van der Waals surface area contributed by atoms with E-state index < -0.39 is 17.7 Å². The third-order valence-electron chi connectivity index (χ3n) is 6.89. The second-order valence-corrected chi connectivity index (χ2v) is 9.05. The van der Waals surface area contributed by atoms with Gasteiger partial charge in [0.1, 0.15) is 11.5 Å². The van der Waals surface area contributed by atoms with Crippen molar-refractivity contribution in [1.82, 2.24) is 4.90 Å². The summed E-state index contributed by atoms with van der Waals surface area (Å²) in [7, 11) is 3.94. The first-order valence-electron chi connectivity index (χ1n) is 11.3. The molecule has 0 aromatic heterocycles. The van der Waals surface area contributed by atoms with Gasteiger partial charge in [-0.3, -0.25) is 9.59 Å². The van der Waals surface area contributed by atoms with Crippen LogP contribution in [0, 0.1) is 0 Å². The predicted molar refractivity (Wildman–Crippen MR) is 123 cm³/mol. The Labute approximate surface area is 188 Å². The van der Waals surface area contributed by atoms with Gasteiger partial charge in [-0.2, -0.15) is 0 Å². The lowest BCUT2D eigenvalue weighted by Crippen LogP contribution is -2.37. The maximum absolute atomic E-state index is 13.2. The number of Topliss-reactive ketones (excluding diaryl/α,β-unsaturated/α-hetero) is 1. The fraction of sp³-hybridized carbons (Fsp3) is 0.385. The van der Waals surface area contributed by atoms with E-state index in [1.165, 1.54) is 0 Å². The van der Waals surface area contributed by atoms with Crippen molar-refractivity contribution in [1.29, 1.82) is 0 Å². The Kier molecular flexibility index (Phi) is 5.16. The normalized spacial score (nSPS) is 22.3. The molecule has 1 atom stereocenters. The van der Waals surface area contributed by atoms with Gasteiger partial charge < -0.3 is 19.6 Å². The zero-order valence-electron chi connectivity index (χ0n) is 18.5. The molecule has 2 fully saturated rings. The molecule has 1 amide bonds. The third kappa shape index (κ3) is 3.34. The highest BCUT2D eigenvalue weighted by atomic mass is 16.5. The number of ether oxygens (including phenoxy) is 1. The van der Waals surface area contributed by atoms with Gasteiger partial charge in [0, 0.05) is 37.8 Å². The molecule has 6 heteroatoms. The summed E-state index contributed by atoms with van der Waals surface area (Å²) in [5.41, 5.74) is 3.61. The lowest BCUT2D eigenvalue weighted by atomic mass is 9.94. The van der Waals surface area contributed by atoms with Crippen molar-refractivity contribution >= 4 is 23.1 Å². The topological polar surface area (TPSA) is 70.1 Å². The summed E-state index contributed by atoms with van der Waals surface area (Å²) >= 11 is 0. The first-order chi connectivity index (χ1) is 15.5. The number of aliphatic hydroxyl groups excluding tert-OH is 1. The van der Waals surface area contributed by atoms with Crippen molar-refractivity contribution in [3.63, 3.8) is 0 Å². The molecule has 1 N–H and O–H groups in total. The molecule has 1 unspecified atom stereocenters. The predicted octanol–water partition coefficient (Wildman–Crippen LogP) is 4.05. The number of ketones is 1. The molecule has 2 aliphatic heterocycles. The Hall–Kier alpha value is -3.28. The molecule has 166 valence electrons. The highest BCUT2D eigenvalue weighted by Crippen LogP contribution is 2.44. The standard InChI is InChI=1S/C26H28N2O4/c1-27(2)19-10-7-16(8-11-19)23-22(25(30)26(31)28(23)20-5-3-4-6-20)24(29)18-9-12-21-17(15-18)13-14-32-21/h7-12,15,20,23,29H,3-6,13-14H2,1-2H3/b24-22-. The number of aliphatic hydroxyl groups is 1. The van der Waals surface area contributed by atoms with Crippen LogP contribution in [-0.2, 0) is 16.0 Å². The highest BCUT2D eigenvalue weighted by molar-refractivity contribution is 6.46. The number of carbonyl (C=O) groups is 2. The largest absolute Gasteiger partial charge is 0.507 e. The van der Waals surface area contributed by atoms with Gasteiger partial charge in [-0.15, -0.1) is 0 Å². The van der Waals surface area contributed by atoms with Gasteiger partial charge >= 0.3 is 0 Å². The van der Waals surface area contributed by atoms with Crippen LogP contribution in [0.25, 0.3) is 5.76 Å². The number of benzene rings is 2. The molecule has 1 saturated carbocycles. The van der Waals surface area contributed by atoms with E-state index in [1.54, 1.807) is 11.0 Å². The molecular formula is C26H28N2O4. The minimum absolute atomic E-state index is 0.0173.